The van der Waals surface area contributed by atoms with Crippen LogP contribution in [0.4, 0.5) is 13.2 Å². The normalized spacial score (nSPS) is 11.4. The van der Waals surface area contributed by atoms with Gasteiger partial charge in [0.05, 0.1) is 0 Å². The summed E-state index contributed by atoms with van der Waals surface area (Å²) in [6.07, 6.45) is -4.16. The lowest BCUT2D eigenvalue weighted by molar-refractivity contribution is -0.146. The van der Waals surface area contributed by atoms with Crippen molar-refractivity contribution in [2.45, 2.75) is 19.5 Å². The molecule has 14 heavy (non-hydrogen) atoms. The number of hydrogen-bond acceptors (Lipinski definition) is 4. The summed E-state index contributed by atoms with van der Waals surface area (Å²) in [7, 11) is 0. The van der Waals surface area contributed by atoms with E-state index in [9.17, 15) is 18.0 Å². The maximum absolute atomic E-state index is 12.1. The van der Waals surface area contributed by atoms with Crippen LogP contribution in [-0.2, 0) is 11.0 Å². The van der Waals surface area contributed by atoms with Crippen molar-refractivity contribution in [3.63, 3.8) is 0 Å². The molecule has 0 saturated carbocycles. The topological polar surface area (TPSA) is 52.3 Å². The van der Waals surface area contributed by atoms with Gasteiger partial charge in [0.25, 0.3) is 0 Å². The monoisotopic (exact) mass is 209 g/mol. The lowest BCUT2D eigenvalue weighted by atomic mass is 10.4. The maximum atomic E-state index is 12.1. The second-order valence-corrected chi connectivity index (χ2v) is 2.31. The van der Waals surface area contributed by atoms with Crippen LogP contribution < -0.4 is 4.74 Å². The molecule has 0 aliphatic carbocycles. The molecule has 0 aliphatic heterocycles. The number of oxazole rings is 1. The van der Waals surface area contributed by atoms with E-state index in [-0.39, 0.29) is 6.42 Å². The van der Waals surface area contributed by atoms with Crippen LogP contribution >= 0.6 is 0 Å². The average molecular weight is 209 g/mol. The van der Waals surface area contributed by atoms with E-state index in [1.54, 1.807) is 0 Å². The first-order chi connectivity index (χ1) is 6.45. The summed E-state index contributed by atoms with van der Waals surface area (Å²) in [4.78, 5) is 13.6. The van der Waals surface area contributed by atoms with E-state index >= 15 is 0 Å². The van der Waals surface area contributed by atoms with Gasteiger partial charge in [-0.15, -0.1) is 0 Å². The predicted octanol–water partition coefficient (Wildman–Crippen LogP) is 2.01. The summed E-state index contributed by atoms with van der Waals surface area (Å²) in [6.45, 7) is 1.45. The first-order valence-electron chi connectivity index (χ1n) is 3.66. The van der Waals surface area contributed by atoms with Gasteiger partial charge in [0.15, 0.2) is 6.39 Å². The number of nitrogens with zero attached hydrogens (tertiary/aromatic N) is 1. The molecule has 1 aromatic heterocycles. The molecule has 1 aromatic rings. The van der Waals surface area contributed by atoms with Crippen LogP contribution in [0.2, 0.25) is 0 Å². The molecule has 0 saturated heterocycles. The van der Waals surface area contributed by atoms with Crippen molar-refractivity contribution in [3.05, 3.63) is 12.1 Å². The maximum Gasteiger partial charge on any atom is 0.440 e. The zero-order valence-electron chi connectivity index (χ0n) is 7.09. The molecule has 0 bridgehead atoms. The molecule has 0 radical (unpaired) electrons. The summed E-state index contributed by atoms with van der Waals surface area (Å²) in [6, 6.07) is 0. The fraction of sp³-hybridized carbons (Fsp3) is 0.429. The fourth-order valence-corrected chi connectivity index (χ4v) is 0.672. The molecule has 0 unspecified atom stereocenters. The van der Waals surface area contributed by atoms with Crippen LogP contribution in [0.5, 0.6) is 5.95 Å². The van der Waals surface area contributed by atoms with E-state index in [1.165, 1.54) is 6.92 Å². The molecule has 4 nitrogen and oxygen atoms in total. The third-order valence-corrected chi connectivity index (χ3v) is 1.30. The molecule has 1 heterocycles. The highest BCUT2D eigenvalue weighted by Crippen LogP contribution is 2.34. The number of esters is 1. The van der Waals surface area contributed by atoms with E-state index in [0.29, 0.717) is 6.39 Å². The molecule has 0 spiro atoms. The Morgan fingerprint density at radius 1 is 1.64 bits per heavy atom. The number of carbonyl (C=O) groups is 1. The van der Waals surface area contributed by atoms with E-state index in [1.807, 2.05) is 0 Å². The Hall–Kier alpha value is -1.53. The van der Waals surface area contributed by atoms with Crippen LogP contribution in [0.15, 0.2) is 10.8 Å². The molecule has 0 aromatic carbocycles. The standard InChI is InChI=1S/C7H6F3NO3/c1-2-4(12)14-6-5(7(8,9)10)11-3-13-6/h3H,2H2,1H3. The van der Waals surface area contributed by atoms with Crippen molar-refractivity contribution >= 4 is 5.97 Å². The Balaban J connectivity index is 2.88. The Kier molecular flexibility index (Phi) is 2.78. The van der Waals surface area contributed by atoms with Crippen LogP contribution in [-0.4, -0.2) is 11.0 Å². The van der Waals surface area contributed by atoms with Crippen LogP contribution in [0.25, 0.3) is 0 Å². The number of hydrogen-bond donors (Lipinski definition) is 0. The van der Waals surface area contributed by atoms with Crippen LogP contribution in [0, 0.1) is 0 Å². The summed E-state index contributed by atoms with van der Waals surface area (Å²) >= 11 is 0. The highest BCUT2D eigenvalue weighted by Gasteiger charge is 2.39. The molecule has 0 fully saturated rings. The molecule has 0 atom stereocenters. The van der Waals surface area contributed by atoms with Crippen molar-refractivity contribution < 1.29 is 27.1 Å². The van der Waals surface area contributed by atoms with Gasteiger partial charge in [0.1, 0.15) is 0 Å². The van der Waals surface area contributed by atoms with Gasteiger partial charge >= 0.3 is 18.1 Å². The number of ether oxygens (including phenoxy) is 1. The van der Waals surface area contributed by atoms with Crippen LogP contribution in [0.3, 0.4) is 0 Å². The quantitative estimate of drug-likeness (QED) is 0.699. The molecule has 0 N–H and O–H groups in total. The zero-order valence-corrected chi connectivity index (χ0v) is 7.09. The number of alkyl halides is 3. The minimum absolute atomic E-state index is 0.0437. The second-order valence-electron chi connectivity index (χ2n) is 2.31. The van der Waals surface area contributed by atoms with Crippen molar-refractivity contribution in [2.75, 3.05) is 0 Å². The van der Waals surface area contributed by atoms with Gasteiger partial charge in [-0.3, -0.25) is 4.79 Å². The molecule has 0 aliphatic rings. The summed E-state index contributed by atoms with van der Waals surface area (Å²) in [5.41, 5.74) is -1.33. The first-order valence-corrected chi connectivity index (χ1v) is 3.66. The van der Waals surface area contributed by atoms with Gasteiger partial charge in [0, 0.05) is 6.42 Å². The number of rotatable bonds is 2. The van der Waals surface area contributed by atoms with E-state index in [0.717, 1.165) is 0 Å². The number of aromatic nitrogens is 1. The molecule has 0 amide bonds. The van der Waals surface area contributed by atoms with E-state index in [2.05, 4.69) is 14.1 Å². The highest BCUT2D eigenvalue weighted by molar-refractivity contribution is 5.71. The van der Waals surface area contributed by atoms with Crippen molar-refractivity contribution in [3.8, 4) is 5.95 Å². The minimum Gasteiger partial charge on any atom is -0.412 e. The Morgan fingerprint density at radius 3 is 2.79 bits per heavy atom. The molecule has 78 valence electrons. The SMILES string of the molecule is CCC(=O)Oc1ocnc1C(F)(F)F. The van der Waals surface area contributed by atoms with Gasteiger partial charge < -0.3 is 9.15 Å². The molecule has 7 heteroatoms. The summed E-state index contributed by atoms with van der Waals surface area (Å²) in [5, 5.41) is 0. The van der Waals surface area contributed by atoms with Gasteiger partial charge in [-0.05, 0) is 0 Å². The third-order valence-electron chi connectivity index (χ3n) is 1.30. The largest absolute Gasteiger partial charge is 0.440 e. The van der Waals surface area contributed by atoms with Gasteiger partial charge in [0.2, 0.25) is 5.69 Å². The third kappa shape index (κ3) is 2.24. The number of halogens is 3. The van der Waals surface area contributed by atoms with Gasteiger partial charge in [-0.2, -0.15) is 13.2 Å². The number of carbonyl (C=O) groups excluding carboxylic acids is 1. The molecular weight excluding hydrogens is 203 g/mol. The summed E-state index contributed by atoms with van der Waals surface area (Å²) in [5.74, 6) is -1.73. The highest BCUT2D eigenvalue weighted by atomic mass is 19.4. The second kappa shape index (κ2) is 3.69. The van der Waals surface area contributed by atoms with E-state index < -0.39 is 23.8 Å². The minimum atomic E-state index is -4.68. The van der Waals surface area contributed by atoms with Crippen molar-refractivity contribution in [1.29, 1.82) is 0 Å². The van der Waals surface area contributed by atoms with Crippen LogP contribution in [0.1, 0.15) is 19.0 Å². The zero-order chi connectivity index (χ0) is 10.8. The smallest absolute Gasteiger partial charge is 0.412 e. The lowest BCUT2D eigenvalue weighted by Gasteiger charge is -2.03. The molecular formula is C7H6F3NO3. The first kappa shape index (κ1) is 10.6. The summed E-state index contributed by atoms with van der Waals surface area (Å²) < 4.78 is 44.9. The van der Waals surface area contributed by atoms with Gasteiger partial charge in [-0.25, -0.2) is 4.98 Å². The van der Waals surface area contributed by atoms with Crippen molar-refractivity contribution in [1.82, 2.24) is 4.98 Å². The predicted molar refractivity (Wildman–Crippen MR) is 37.4 cm³/mol. The van der Waals surface area contributed by atoms with Crippen molar-refractivity contribution in [2.24, 2.45) is 0 Å². The lowest BCUT2D eigenvalue weighted by Crippen LogP contribution is -2.11. The Labute approximate surface area is 76.7 Å². The van der Waals surface area contributed by atoms with Gasteiger partial charge in [-0.1, -0.05) is 6.92 Å². The Bertz CT molecular complexity index is 331. The fourth-order valence-electron chi connectivity index (χ4n) is 0.672. The average Bonchev–Trinajstić information content (AvgIpc) is 2.51. The Morgan fingerprint density at radius 2 is 2.29 bits per heavy atom. The van der Waals surface area contributed by atoms with E-state index in [4.69, 9.17) is 0 Å². The molecule has 1 rings (SSSR count).